The van der Waals surface area contributed by atoms with Gasteiger partial charge in [-0.1, -0.05) is 35.9 Å². The molecule has 0 aliphatic heterocycles. The Hall–Kier alpha value is -1.78. The molecular weight excluding hydrogens is 334 g/mol. The number of benzene rings is 1. The van der Waals surface area contributed by atoms with Crippen molar-refractivity contribution >= 4 is 33.9 Å². The van der Waals surface area contributed by atoms with Crippen LogP contribution in [0.25, 0.3) is 5.73 Å². The summed E-state index contributed by atoms with van der Waals surface area (Å²) in [5.41, 5.74) is 8.02. The Morgan fingerprint density at radius 1 is 0.684 bits per heavy atom. The summed E-state index contributed by atoms with van der Waals surface area (Å²) in [5, 5.41) is 0. The SMILES string of the molecule is [CH-]=O.[CH-]=O.[CH-]=O.[CH-]=O.[CH-]=O.[Mo].[NH-]Cc1ccccc1. The van der Waals surface area contributed by atoms with Crippen LogP contribution in [0.3, 0.4) is 0 Å². The molecule has 7 heteroatoms. The van der Waals surface area contributed by atoms with Crippen LogP contribution in [0.4, 0.5) is 0 Å². The monoisotopic (exact) mass is 349 g/mol. The fourth-order valence-corrected chi connectivity index (χ4v) is 0.596. The minimum Gasteiger partial charge on any atom is -0.674 e. The van der Waals surface area contributed by atoms with E-state index in [4.69, 9.17) is 29.7 Å². The van der Waals surface area contributed by atoms with Gasteiger partial charge < -0.3 is 29.7 Å². The van der Waals surface area contributed by atoms with Gasteiger partial charge in [-0.15, -0.1) is 6.54 Å². The molecule has 0 spiro atoms. The van der Waals surface area contributed by atoms with Crippen LogP contribution in [-0.4, -0.2) is 33.9 Å². The molecule has 1 rings (SSSR count). The van der Waals surface area contributed by atoms with E-state index < -0.39 is 0 Å². The maximum atomic E-state index is 7.75. The van der Waals surface area contributed by atoms with Crippen molar-refractivity contribution < 1.29 is 45.0 Å². The molecule has 0 radical (unpaired) electrons. The fraction of sp³-hybridized carbons (Fsp3) is 0.0833. The van der Waals surface area contributed by atoms with E-state index in [1.165, 1.54) is 0 Å². The van der Waals surface area contributed by atoms with E-state index in [1.54, 1.807) is 0 Å². The van der Waals surface area contributed by atoms with Gasteiger partial charge in [0.05, 0.1) is 0 Å². The number of carbonyl (C=O) groups excluding carboxylic acids is 5. The van der Waals surface area contributed by atoms with Crippen LogP contribution in [0.5, 0.6) is 0 Å². The maximum Gasteiger partial charge on any atom is 0 e. The van der Waals surface area contributed by atoms with Gasteiger partial charge in [0.2, 0.25) is 0 Å². The number of hydrogen-bond donors (Lipinski definition) is 0. The molecule has 19 heavy (non-hydrogen) atoms. The zero-order valence-electron chi connectivity index (χ0n) is 9.93. The molecule has 0 fully saturated rings. The van der Waals surface area contributed by atoms with E-state index >= 15 is 0 Å². The van der Waals surface area contributed by atoms with E-state index in [0.717, 1.165) is 5.56 Å². The van der Waals surface area contributed by atoms with Gasteiger partial charge in [0.15, 0.2) is 0 Å². The van der Waals surface area contributed by atoms with Crippen LogP contribution in [0.15, 0.2) is 30.3 Å². The van der Waals surface area contributed by atoms with E-state index in [-0.39, 0.29) is 21.1 Å². The topological polar surface area (TPSA) is 109 Å². The molecule has 0 unspecified atom stereocenters. The van der Waals surface area contributed by atoms with Crippen LogP contribution in [-0.2, 0) is 51.6 Å². The molecular formula is C12H13MoNO5-6. The average Bonchev–Trinajstić information content (AvgIpc) is 2.57. The third-order valence-electron chi connectivity index (χ3n) is 1.05. The molecule has 6 nitrogen and oxygen atoms in total. The van der Waals surface area contributed by atoms with Crippen molar-refractivity contribution in [2.45, 2.75) is 6.54 Å². The maximum absolute atomic E-state index is 7.75. The van der Waals surface area contributed by atoms with Gasteiger partial charge in [-0.05, 0) is 0 Å². The van der Waals surface area contributed by atoms with Crippen molar-refractivity contribution in [3.8, 4) is 0 Å². The van der Waals surface area contributed by atoms with Gasteiger partial charge in [-0.3, -0.25) is 33.9 Å². The Balaban J connectivity index is -0.0000000332. The molecule has 0 aliphatic rings. The molecule has 1 N–H and O–H groups in total. The predicted octanol–water partition coefficient (Wildman–Crippen LogP) is 0.866. The van der Waals surface area contributed by atoms with Crippen LogP contribution in [0.1, 0.15) is 5.56 Å². The molecule has 0 saturated carbocycles. The molecule has 0 amide bonds. The second-order valence-corrected chi connectivity index (χ2v) is 1.66. The molecule has 108 valence electrons. The smallest absolute Gasteiger partial charge is 0 e. The third kappa shape index (κ3) is 48.5. The quantitative estimate of drug-likeness (QED) is 0.425. The van der Waals surface area contributed by atoms with Gasteiger partial charge in [0, 0.05) is 21.1 Å². The summed E-state index contributed by atoms with van der Waals surface area (Å²) in [6, 6.07) is 9.76. The summed E-state index contributed by atoms with van der Waals surface area (Å²) in [6.45, 7) is 16.6. The Kier molecular flexibility index (Phi) is 137. The summed E-state index contributed by atoms with van der Waals surface area (Å²) in [4.78, 5) is 38.8. The first-order chi connectivity index (χ1) is 8.93. The van der Waals surface area contributed by atoms with E-state index in [0.29, 0.717) is 6.54 Å². The fourth-order valence-electron chi connectivity index (χ4n) is 0.596. The molecule has 1 aromatic rings. The summed E-state index contributed by atoms with van der Waals surface area (Å²) < 4.78 is 0. The second-order valence-electron chi connectivity index (χ2n) is 1.66. The van der Waals surface area contributed by atoms with Crippen LogP contribution < -0.4 is 0 Å². The van der Waals surface area contributed by atoms with Gasteiger partial charge in [-0.2, -0.15) is 0 Å². The first-order valence-corrected chi connectivity index (χ1v) is 3.80. The Bertz CT molecular complexity index is 215. The molecule has 0 aromatic heterocycles. The predicted molar refractivity (Wildman–Crippen MR) is 68.2 cm³/mol. The molecule has 0 bridgehead atoms. The zero-order valence-corrected chi connectivity index (χ0v) is 11.9. The van der Waals surface area contributed by atoms with Gasteiger partial charge in [-0.25, -0.2) is 0 Å². The Morgan fingerprint density at radius 3 is 1.11 bits per heavy atom. The standard InChI is InChI=1S/C7H8N.5CHO.Mo/c8-6-7-4-2-1-3-5-7;5*1-2;/h1-5,8H,6H2;5*1H;/q6*-1;. The van der Waals surface area contributed by atoms with Crippen molar-refractivity contribution in [1.29, 1.82) is 0 Å². The molecule has 0 saturated heterocycles. The molecule has 1 aromatic carbocycles. The van der Waals surface area contributed by atoms with Crippen molar-refractivity contribution in [2.75, 3.05) is 0 Å². The molecule has 0 atom stereocenters. The minimum absolute atomic E-state index is 0. The average molecular weight is 347 g/mol. The normalized spacial score (nSPS) is 4.89. The van der Waals surface area contributed by atoms with Crippen molar-refractivity contribution in [3.63, 3.8) is 0 Å². The Morgan fingerprint density at radius 2 is 0.947 bits per heavy atom. The van der Waals surface area contributed by atoms with Gasteiger partial charge in [0.1, 0.15) is 0 Å². The number of nitrogens with one attached hydrogen (secondary N) is 1. The zero-order chi connectivity index (χ0) is 15.8. The Labute approximate surface area is 127 Å². The van der Waals surface area contributed by atoms with Crippen molar-refractivity contribution in [1.82, 2.24) is 0 Å². The summed E-state index contributed by atoms with van der Waals surface area (Å²) in [6.07, 6.45) is 0. The van der Waals surface area contributed by atoms with E-state index in [1.807, 2.05) is 30.3 Å². The molecule has 0 heterocycles. The first kappa shape index (κ1) is 36.0. The third-order valence-corrected chi connectivity index (χ3v) is 1.05. The van der Waals surface area contributed by atoms with E-state index in [9.17, 15) is 0 Å². The van der Waals surface area contributed by atoms with E-state index in [2.05, 4.69) is 33.9 Å². The van der Waals surface area contributed by atoms with Gasteiger partial charge in [0.25, 0.3) is 0 Å². The van der Waals surface area contributed by atoms with Crippen molar-refractivity contribution in [2.24, 2.45) is 0 Å². The van der Waals surface area contributed by atoms with Crippen LogP contribution >= 0.6 is 0 Å². The van der Waals surface area contributed by atoms with Crippen molar-refractivity contribution in [3.05, 3.63) is 41.6 Å². The summed E-state index contributed by atoms with van der Waals surface area (Å²) in [5.74, 6) is 0. The first-order valence-electron chi connectivity index (χ1n) is 3.80. The van der Waals surface area contributed by atoms with Crippen LogP contribution in [0, 0.1) is 0 Å². The summed E-state index contributed by atoms with van der Waals surface area (Å²) >= 11 is 0. The molecule has 0 aliphatic carbocycles. The second kappa shape index (κ2) is 72.1. The number of hydrogen-bond acceptors (Lipinski definition) is 5. The van der Waals surface area contributed by atoms with Gasteiger partial charge >= 0.3 is 0 Å². The largest absolute Gasteiger partial charge is 0.674 e. The van der Waals surface area contributed by atoms with Crippen LogP contribution in [0.2, 0.25) is 0 Å². The number of rotatable bonds is 1. The summed E-state index contributed by atoms with van der Waals surface area (Å²) in [7, 11) is 0. The minimum atomic E-state index is 0.